The molecule has 17 heavy (non-hydrogen) atoms. The fourth-order valence-electron chi connectivity index (χ4n) is 1.18. The first kappa shape index (κ1) is 15.0. The first-order valence-electron chi connectivity index (χ1n) is 4.86. The summed E-state index contributed by atoms with van der Waals surface area (Å²) in [4.78, 5) is 21.3. The van der Waals surface area contributed by atoms with Crippen LogP contribution in [0, 0.1) is 5.41 Å². The molecule has 1 rings (SSSR count). The summed E-state index contributed by atoms with van der Waals surface area (Å²) in [6.07, 6.45) is 5.81. The molecule has 0 aromatic carbocycles. The van der Waals surface area contributed by atoms with Gasteiger partial charge in [0.15, 0.2) is 0 Å². The van der Waals surface area contributed by atoms with Gasteiger partial charge < -0.3 is 14.9 Å². The van der Waals surface area contributed by atoms with Crippen molar-refractivity contribution in [2.75, 3.05) is 7.11 Å². The van der Waals surface area contributed by atoms with Crippen molar-refractivity contribution < 1.29 is 24.5 Å². The lowest BCUT2D eigenvalue weighted by Gasteiger charge is -2.23. The quantitative estimate of drug-likeness (QED) is 0.735. The Morgan fingerprint density at radius 1 is 1.53 bits per heavy atom. The van der Waals surface area contributed by atoms with Gasteiger partial charge in [0, 0.05) is 5.57 Å². The molecule has 0 bridgehead atoms. The minimum atomic E-state index is -1.08. The van der Waals surface area contributed by atoms with Crippen molar-refractivity contribution in [1.29, 1.82) is 0 Å². The zero-order valence-corrected chi connectivity index (χ0v) is 9.84. The highest BCUT2D eigenvalue weighted by Gasteiger charge is 2.34. The minimum absolute atomic E-state index is 0.0359. The molecule has 94 valence electrons. The highest BCUT2D eigenvalue weighted by Crippen LogP contribution is 2.31. The fourth-order valence-corrected chi connectivity index (χ4v) is 1.18. The van der Waals surface area contributed by atoms with E-state index in [0.29, 0.717) is 0 Å². The molecule has 0 aromatic rings. The van der Waals surface area contributed by atoms with Crippen LogP contribution in [-0.2, 0) is 14.3 Å². The van der Waals surface area contributed by atoms with Gasteiger partial charge in [-0.15, -0.1) is 0 Å². The number of carboxylic acids is 2. The third kappa shape index (κ3) is 4.55. The van der Waals surface area contributed by atoms with Gasteiger partial charge in [0.25, 0.3) is 0 Å². The predicted octanol–water partition coefficient (Wildman–Crippen LogP) is 1.82. The summed E-state index contributed by atoms with van der Waals surface area (Å²) in [6.45, 7) is 4.76. The number of rotatable bonds is 3. The summed E-state index contributed by atoms with van der Waals surface area (Å²) >= 11 is 0. The van der Waals surface area contributed by atoms with Crippen LogP contribution in [0.5, 0.6) is 0 Å². The molecule has 2 N–H and O–H groups in total. The highest BCUT2D eigenvalue weighted by atomic mass is 16.5. The molecule has 0 saturated heterocycles. The molecule has 1 aliphatic rings. The smallest absolute Gasteiger partial charge is 0.331 e. The molecule has 0 aromatic heterocycles. The van der Waals surface area contributed by atoms with Crippen LogP contribution in [0.2, 0.25) is 0 Å². The molecule has 1 unspecified atom stereocenters. The second-order valence-corrected chi connectivity index (χ2v) is 3.66. The second-order valence-electron chi connectivity index (χ2n) is 3.66. The second kappa shape index (κ2) is 6.52. The van der Waals surface area contributed by atoms with E-state index >= 15 is 0 Å². The van der Waals surface area contributed by atoms with E-state index in [1.54, 1.807) is 7.11 Å². The van der Waals surface area contributed by atoms with Crippen molar-refractivity contribution in [3.8, 4) is 0 Å². The van der Waals surface area contributed by atoms with Gasteiger partial charge in [-0.2, -0.15) is 0 Å². The Morgan fingerprint density at radius 3 is 2.41 bits per heavy atom. The Hall–Kier alpha value is -2.04. The van der Waals surface area contributed by atoms with Crippen LogP contribution in [0.4, 0.5) is 0 Å². The van der Waals surface area contributed by atoms with Crippen molar-refractivity contribution in [1.82, 2.24) is 0 Å². The van der Waals surface area contributed by atoms with E-state index in [0.717, 1.165) is 0 Å². The summed E-state index contributed by atoms with van der Waals surface area (Å²) in [7, 11) is 1.56. The van der Waals surface area contributed by atoms with E-state index in [-0.39, 0.29) is 12.0 Å². The largest absolute Gasteiger partial charge is 0.505 e. The van der Waals surface area contributed by atoms with Gasteiger partial charge in [-0.25, -0.2) is 4.79 Å². The third-order valence-electron chi connectivity index (χ3n) is 2.25. The molecule has 0 heterocycles. The molecule has 0 aliphatic heterocycles. The van der Waals surface area contributed by atoms with Crippen molar-refractivity contribution in [2.24, 2.45) is 5.41 Å². The molecule has 1 atom stereocenters. The Kier molecular flexibility index (Phi) is 5.74. The minimum Gasteiger partial charge on any atom is -0.505 e. The maximum absolute atomic E-state index is 10.8. The Labute approximate surface area is 99.7 Å². The molecule has 5 heteroatoms. The Bertz CT molecular complexity index is 367. The number of aliphatic carboxylic acids is 2. The van der Waals surface area contributed by atoms with Gasteiger partial charge in [0.2, 0.25) is 0 Å². The number of hydrogen-bond donors (Lipinski definition) is 2. The molecule has 0 radical (unpaired) electrons. The highest BCUT2D eigenvalue weighted by molar-refractivity contribution is 5.90. The molecular weight excluding hydrogens is 224 g/mol. The van der Waals surface area contributed by atoms with Crippen molar-refractivity contribution in [3.05, 3.63) is 36.6 Å². The van der Waals surface area contributed by atoms with E-state index in [9.17, 15) is 9.59 Å². The summed E-state index contributed by atoms with van der Waals surface area (Å²) in [5.74, 6) is -2.06. The van der Waals surface area contributed by atoms with Crippen LogP contribution < -0.4 is 0 Å². The van der Waals surface area contributed by atoms with Crippen LogP contribution in [0.1, 0.15) is 13.3 Å². The van der Waals surface area contributed by atoms with Gasteiger partial charge in [0.1, 0.15) is 0 Å². The number of ether oxygens (including phenoxy) is 1. The molecule has 1 aliphatic carbocycles. The SMILES string of the molecule is C=COC.CC1(C(=O)O)C=CC=C(C(=O)O)C1. The van der Waals surface area contributed by atoms with E-state index in [4.69, 9.17) is 10.2 Å². The van der Waals surface area contributed by atoms with E-state index in [1.807, 2.05) is 0 Å². The van der Waals surface area contributed by atoms with Crippen LogP contribution >= 0.6 is 0 Å². The molecule has 0 saturated carbocycles. The van der Waals surface area contributed by atoms with Crippen LogP contribution in [0.3, 0.4) is 0 Å². The Balaban J connectivity index is 0.000000557. The summed E-state index contributed by atoms with van der Waals surface area (Å²) in [5.41, 5.74) is -0.949. The van der Waals surface area contributed by atoms with Gasteiger partial charge >= 0.3 is 11.9 Å². The zero-order valence-electron chi connectivity index (χ0n) is 9.84. The third-order valence-corrected chi connectivity index (χ3v) is 2.25. The monoisotopic (exact) mass is 240 g/mol. The topological polar surface area (TPSA) is 83.8 Å². The normalized spacial score (nSPS) is 21.6. The molecule has 0 spiro atoms. The number of carboxylic acid groups (broad SMARTS) is 2. The average molecular weight is 240 g/mol. The Morgan fingerprint density at radius 2 is 2.06 bits per heavy atom. The van der Waals surface area contributed by atoms with Crippen LogP contribution in [0.25, 0.3) is 0 Å². The molecule has 0 amide bonds. The number of hydrogen-bond acceptors (Lipinski definition) is 3. The van der Waals surface area contributed by atoms with E-state index in [1.165, 1.54) is 31.4 Å². The standard InChI is InChI=1S/C9H10O4.C3H6O/c1-9(8(12)13)4-2-3-6(5-9)7(10)11;1-3-4-2/h2-4H,5H2,1H3,(H,10,11)(H,12,13);3H,1H2,2H3. The molecule has 0 fully saturated rings. The van der Waals surface area contributed by atoms with Gasteiger partial charge in [-0.1, -0.05) is 24.8 Å². The number of methoxy groups -OCH3 is 1. The first-order chi connectivity index (χ1) is 7.87. The summed E-state index contributed by atoms with van der Waals surface area (Å²) in [5, 5.41) is 17.5. The maximum atomic E-state index is 10.8. The lowest BCUT2D eigenvalue weighted by atomic mass is 9.80. The van der Waals surface area contributed by atoms with Gasteiger partial charge in [0.05, 0.1) is 18.8 Å². The maximum Gasteiger partial charge on any atom is 0.331 e. The number of allylic oxidation sites excluding steroid dienone is 2. The lowest BCUT2D eigenvalue weighted by Crippen LogP contribution is -2.28. The van der Waals surface area contributed by atoms with Crippen LogP contribution in [0.15, 0.2) is 36.6 Å². The molecule has 5 nitrogen and oxygen atoms in total. The van der Waals surface area contributed by atoms with Crippen molar-refractivity contribution >= 4 is 11.9 Å². The van der Waals surface area contributed by atoms with Gasteiger partial charge in [-0.05, 0) is 13.3 Å². The van der Waals surface area contributed by atoms with E-state index in [2.05, 4.69) is 11.3 Å². The predicted molar refractivity (Wildman–Crippen MR) is 62.4 cm³/mol. The molecular formula is C12H16O5. The zero-order chi connectivity index (χ0) is 13.5. The fraction of sp³-hybridized carbons (Fsp3) is 0.333. The average Bonchev–Trinajstić information content (AvgIpc) is 2.29. The first-order valence-corrected chi connectivity index (χ1v) is 4.86. The van der Waals surface area contributed by atoms with Crippen molar-refractivity contribution in [3.63, 3.8) is 0 Å². The number of carbonyl (C=O) groups is 2. The van der Waals surface area contributed by atoms with Gasteiger partial charge in [-0.3, -0.25) is 4.79 Å². The lowest BCUT2D eigenvalue weighted by molar-refractivity contribution is -0.145. The van der Waals surface area contributed by atoms with Crippen molar-refractivity contribution in [2.45, 2.75) is 13.3 Å². The van der Waals surface area contributed by atoms with E-state index < -0.39 is 17.4 Å². The summed E-state index contributed by atoms with van der Waals surface area (Å²) < 4.78 is 4.31. The summed E-state index contributed by atoms with van der Waals surface area (Å²) in [6, 6.07) is 0. The van der Waals surface area contributed by atoms with Crippen LogP contribution in [-0.4, -0.2) is 29.3 Å².